The first-order chi connectivity index (χ1) is 5.24. The van der Waals surface area contributed by atoms with Crippen LogP contribution < -0.4 is 5.48 Å². The smallest absolute Gasteiger partial charge is 0.288 e. The molecule has 1 amide bonds. The quantitative estimate of drug-likeness (QED) is 0.436. The van der Waals surface area contributed by atoms with Crippen LogP contribution in [0.4, 0.5) is 0 Å². The first-order valence-corrected chi connectivity index (χ1v) is 2.98. The van der Waals surface area contributed by atoms with E-state index in [9.17, 15) is 4.79 Å². The lowest BCUT2D eigenvalue weighted by molar-refractivity contribution is 0.0700. The molecule has 0 aliphatic carbocycles. The third-order valence-electron chi connectivity index (χ3n) is 1.11. The van der Waals surface area contributed by atoms with E-state index in [2.05, 4.69) is 9.97 Å². The summed E-state index contributed by atoms with van der Waals surface area (Å²) in [6.45, 7) is 1.66. The topological polar surface area (TPSA) is 75.1 Å². The van der Waals surface area contributed by atoms with Gasteiger partial charge in [-0.05, 0) is 13.0 Å². The molecule has 0 radical (unpaired) electrons. The second-order valence-electron chi connectivity index (χ2n) is 1.93. The molecule has 0 spiro atoms. The normalized spacial score (nSPS) is 9.27. The van der Waals surface area contributed by atoms with Crippen molar-refractivity contribution < 1.29 is 10.0 Å². The minimum Gasteiger partial charge on any atom is -0.288 e. The summed E-state index contributed by atoms with van der Waals surface area (Å²) in [6, 6.07) is 1.42. The Hall–Kier alpha value is -1.49. The van der Waals surface area contributed by atoms with Crippen molar-refractivity contribution in [3.63, 3.8) is 0 Å². The van der Waals surface area contributed by atoms with Gasteiger partial charge in [0.1, 0.15) is 11.5 Å². The Balaban J connectivity index is 2.96. The van der Waals surface area contributed by atoms with E-state index >= 15 is 0 Å². The van der Waals surface area contributed by atoms with Crippen molar-refractivity contribution in [2.45, 2.75) is 6.92 Å². The van der Waals surface area contributed by atoms with Crippen LogP contribution in [0.25, 0.3) is 0 Å². The van der Waals surface area contributed by atoms with Crippen LogP contribution in [0, 0.1) is 6.92 Å². The fourth-order valence-electron chi connectivity index (χ4n) is 0.640. The molecule has 0 atom stereocenters. The number of nitrogens with zero attached hydrogens (tertiary/aromatic N) is 2. The number of carbonyl (C=O) groups is 1. The molecule has 1 aromatic rings. The zero-order valence-corrected chi connectivity index (χ0v) is 5.90. The highest BCUT2D eigenvalue weighted by atomic mass is 16.5. The van der Waals surface area contributed by atoms with Crippen molar-refractivity contribution in [3.8, 4) is 0 Å². The fourth-order valence-corrected chi connectivity index (χ4v) is 0.640. The van der Waals surface area contributed by atoms with Crippen molar-refractivity contribution in [1.82, 2.24) is 15.4 Å². The number of hydroxylamine groups is 1. The van der Waals surface area contributed by atoms with Gasteiger partial charge in [0.05, 0.1) is 0 Å². The Morgan fingerprint density at radius 1 is 1.73 bits per heavy atom. The molecule has 0 aromatic carbocycles. The highest BCUT2D eigenvalue weighted by Crippen LogP contribution is 1.92. The molecular formula is C6H7N3O2. The van der Waals surface area contributed by atoms with Crippen LogP contribution in [-0.4, -0.2) is 21.1 Å². The molecule has 1 heterocycles. The summed E-state index contributed by atoms with van der Waals surface area (Å²) in [4.78, 5) is 18.3. The van der Waals surface area contributed by atoms with Gasteiger partial charge < -0.3 is 0 Å². The van der Waals surface area contributed by atoms with Crippen molar-refractivity contribution in [3.05, 3.63) is 23.8 Å². The van der Waals surface area contributed by atoms with Crippen LogP contribution in [-0.2, 0) is 0 Å². The minimum absolute atomic E-state index is 0.153. The summed E-state index contributed by atoms with van der Waals surface area (Å²) in [5.74, 6) is -0.137. The molecule has 11 heavy (non-hydrogen) atoms. The number of carbonyl (C=O) groups excluding carboxylic acids is 1. The molecule has 0 bridgehead atoms. The average Bonchev–Trinajstić information content (AvgIpc) is 2.03. The van der Waals surface area contributed by atoms with Gasteiger partial charge in [0.2, 0.25) is 0 Å². The van der Waals surface area contributed by atoms with Crippen molar-refractivity contribution in [2.24, 2.45) is 0 Å². The summed E-state index contributed by atoms with van der Waals surface area (Å²) in [5, 5.41) is 8.22. The van der Waals surface area contributed by atoms with E-state index in [1.54, 1.807) is 6.92 Å². The molecule has 0 unspecified atom stereocenters. The van der Waals surface area contributed by atoms with E-state index in [4.69, 9.17) is 5.21 Å². The zero-order valence-electron chi connectivity index (χ0n) is 5.90. The molecule has 2 N–H and O–H groups in total. The van der Waals surface area contributed by atoms with Crippen molar-refractivity contribution >= 4 is 5.91 Å². The predicted octanol–water partition coefficient (Wildman–Crippen LogP) is -0.0960. The third-order valence-corrected chi connectivity index (χ3v) is 1.11. The van der Waals surface area contributed by atoms with Gasteiger partial charge in [-0.1, -0.05) is 0 Å². The summed E-state index contributed by atoms with van der Waals surface area (Å²) < 4.78 is 0. The van der Waals surface area contributed by atoms with Gasteiger partial charge in [-0.3, -0.25) is 10.0 Å². The second kappa shape index (κ2) is 3.07. The van der Waals surface area contributed by atoms with E-state index in [-0.39, 0.29) is 5.69 Å². The first kappa shape index (κ1) is 7.62. The zero-order chi connectivity index (χ0) is 8.27. The minimum atomic E-state index is -0.629. The third kappa shape index (κ3) is 1.71. The molecule has 0 fully saturated rings. The lowest BCUT2D eigenvalue weighted by atomic mass is 10.4. The number of hydrogen-bond acceptors (Lipinski definition) is 4. The highest BCUT2D eigenvalue weighted by Gasteiger charge is 2.04. The predicted molar refractivity (Wildman–Crippen MR) is 36.0 cm³/mol. The van der Waals surface area contributed by atoms with Crippen molar-refractivity contribution in [2.75, 3.05) is 0 Å². The van der Waals surface area contributed by atoms with E-state index in [0.29, 0.717) is 5.82 Å². The number of amides is 1. The Morgan fingerprint density at radius 2 is 2.45 bits per heavy atom. The molecule has 1 rings (SSSR count). The van der Waals surface area contributed by atoms with Crippen molar-refractivity contribution in [1.29, 1.82) is 0 Å². The molecule has 5 nitrogen and oxygen atoms in total. The molecule has 58 valence electrons. The van der Waals surface area contributed by atoms with E-state index < -0.39 is 5.91 Å². The number of nitrogens with one attached hydrogen (secondary N) is 1. The molecule has 0 saturated heterocycles. The molecule has 5 heteroatoms. The van der Waals surface area contributed by atoms with Gasteiger partial charge in [0.15, 0.2) is 0 Å². The maximum absolute atomic E-state index is 10.7. The van der Waals surface area contributed by atoms with E-state index in [0.717, 1.165) is 0 Å². The highest BCUT2D eigenvalue weighted by molar-refractivity contribution is 5.91. The lowest BCUT2D eigenvalue weighted by Crippen LogP contribution is -2.20. The maximum atomic E-state index is 10.7. The SMILES string of the molecule is Cc1nccc(C(=O)NO)n1. The first-order valence-electron chi connectivity index (χ1n) is 2.98. The molecular weight excluding hydrogens is 146 g/mol. The summed E-state index contributed by atoms with van der Waals surface area (Å²) >= 11 is 0. The van der Waals surface area contributed by atoms with Gasteiger partial charge in [-0.15, -0.1) is 0 Å². The van der Waals surface area contributed by atoms with Gasteiger partial charge in [0, 0.05) is 6.20 Å². The summed E-state index contributed by atoms with van der Waals surface area (Å²) in [5.41, 5.74) is 1.63. The molecule has 0 aliphatic rings. The van der Waals surface area contributed by atoms with Crippen LogP contribution in [0.2, 0.25) is 0 Å². The van der Waals surface area contributed by atoms with Crippen LogP contribution in [0.15, 0.2) is 12.3 Å². The largest absolute Gasteiger partial charge is 0.293 e. The average molecular weight is 153 g/mol. The molecule has 0 aliphatic heterocycles. The Kier molecular flexibility index (Phi) is 2.12. The Bertz CT molecular complexity index is 274. The lowest BCUT2D eigenvalue weighted by Gasteiger charge is -1.96. The standard InChI is InChI=1S/C6H7N3O2/c1-4-7-3-2-5(8-4)6(10)9-11/h2-3,11H,1H3,(H,9,10). The number of rotatable bonds is 1. The maximum Gasteiger partial charge on any atom is 0.293 e. The number of hydrogen-bond donors (Lipinski definition) is 2. The van der Waals surface area contributed by atoms with E-state index in [1.807, 2.05) is 0 Å². The Labute approximate surface area is 63.1 Å². The molecule has 0 saturated carbocycles. The van der Waals surface area contributed by atoms with Crippen LogP contribution in [0.5, 0.6) is 0 Å². The van der Waals surface area contributed by atoms with Gasteiger partial charge in [-0.2, -0.15) is 0 Å². The monoisotopic (exact) mass is 153 g/mol. The van der Waals surface area contributed by atoms with Gasteiger partial charge in [-0.25, -0.2) is 15.4 Å². The summed E-state index contributed by atoms with van der Waals surface area (Å²) in [7, 11) is 0. The van der Waals surface area contributed by atoms with Gasteiger partial charge in [0.25, 0.3) is 5.91 Å². The second-order valence-corrected chi connectivity index (χ2v) is 1.93. The Morgan fingerprint density at radius 3 is 3.00 bits per heavy atom. The number of aryl methyl sites for hydroxylation is 1. The van der Waals surface area contributed by atoms with Crippen LogP contribution in [0.3, 0.4) is 0 Å². The van der Waals surface area contributed by atoms with Crippen LogP contribution in [0.1, 0.15) is 16.3 Å². The fraction of sp³-hybridized carbons (Fsp3) is 0.167. The van der Waals surface area contributed by atoms with E-state index in [1.165, 1.54) is 17.7 Å². The number of aromatic nitrogens is 2. The van der Waals surface area contributed by atoms with Crippen LogP contribution >= 0.6 is 0 Å². The van der Waals surface area contributed by atoms with Gasteiger partial charge >= 0.3 is 0 Å². The summed E-state index contributed by atoms with van der Waals surface area (Å²) in [6.07, 6.45) is 1.45. The molecule has 1 aromatic heterocycles.